The maximum Gasteiger partial charge on any atom is 0.135 e. The molecule has 0 atom stereocenters. The predicted molar refractivity (Wildman–Crippen MR) is 220 cm³/mol. The summed E-state index contributed by atoms with van der Waals surface area (Å²) in [7, 11) is 0. The lowest BCUT2D eigenvalue weighted by Crippen LogP contribution is -2.10. The van der Waals surface area contributed by atoms with E-state index in [9.17, 15) is 0 Å². The normalized spacial score (nSPS) is 11.5. The van der Waals surface area contributed by atoms with Crippen LogP contribution in [0.15, 0.2) is 205 Å². The molecule has 0 aliphatic heterocycles. The molecular weight excluding hydrogens is 631 g/mol. The Morgan fingerprint density at radius 1 is 0.269 bits per heavy atom. The Balaban J connectivity index is 1.10. The zero-order valence-electron chi connectivity index (χ0n) is 28.4. The van der Waals surface area contributed by atoms with Gasteiger partial charge in [-0.25, -0.2) is 0 Å². The minimum Gasteiger partial charge on any atom is -0.456 e. The second-order valence-electron chi connectivity index (χ2n) is 13.4. The van der Waals surface area contributed by atoms with Gasteiger partial charge in [0.15, 0.2) is 0 Å². The van der Waals surface area contributed by atoms with Gasteiger partial charge >= 0.3 is 0 Å². The molecule has 10 aromatic rings. The number of nitrogens with zero attached hydrogens (tertiary/aromatic N) is 1. The van der Waals surface area contributed by atoms with Crippen LogP contribution in [0.5, 0.6) is 0 Å². The molecule has 0 spiro atoms. The van der Waals surface area contributed by atoms with Crippen LogP contribution in [-0.4, -0.2) is 0 Å². The van der Waals surface area contributed by atoms with Crippen molar-refractivity contribution in [3.8, 4) is 33.4 Å². The standard InChI is InChI=1S/C50H33NO/c1-3-10-34(11-4-1)38-14-9-15-44(31-38)51(46-26-27-50-48(33-46)47-16-7-8-17-49(47)52-50)45-25-24-37-20-23-41(30-43(37)32-45)40-22-19-36-18-21-39(28-42(36)29-40)35-12-5-2-6-13-35/h1-33H. The van der Waals surface area contributed by atoms with E-state index in [4.69, 9.17) is 4.42 Å². The van der Waals surface area contributed by atoms with Crippen LogP contribution in [0.25, 0.3) is 76.9 Å². The fourth-order valence-electron chi connectivity index (χ4n) is 7.54. The highest BCUT2D eigenvalue weighted by Crippen LogP contribution is 2.41. The third-order valence-corrected chi connectivity index (χ3v) is 10.2. The Morgan fingerprint density at radius 2 is 0.750 bits per heavy atom. The second-order valence-corrected chi connectivity index (χ2v) is 13.4. The molecule has 0 aliphatic rings. The van der Waals surface area contributed by atoms with Crippen LogP contribution in [0.2, 0.25) is 0 Å². The molecule has 1 heterocycles. The van der Waals surface area contributed by atoms with Crippen molar-refractivity contribution in [3.63, 3.8) is 0 Å². The number of hydrogen-bond acceptors (Lipinski definition) is 2. The first kappa shape index (κ1) is 30.0. The van der Waals surface area contributed by atoms with E-state index in [0.717, 1.165) is 39.0 Å². The van der Waals surface area contributed by atoms with Crippen molar-refractivity contribution < 1.29 is 4.42 Å². The molecule has 10 rings (SSSR count). The van der Waals surface area contributed by atoms with Gasteiger partial charge in [-0.05, 0) is 122 Å². The van der Waals surface area contributed by atoms with Crippen LogP contribution in [0.3, 0.4) is 0 Å². The van der Waals surface area contributed by atoms with Crippen LogP contribution in [0.1, 0.15) is 0 Å². The number of benzene rings is 9. The van der Waals surface area contributed by atoms with Crippen molar-refractivity contribution in [2.24, 2.45) is 0 Å². The van der Waals surface area contributed by atoms with Crippen LogP contribution in [-0.2, 0) is 0 Å². The minimum atomic E-state index is 0.886. The molecule has 0 N–H and O–H groups in total. The average Bonchev–Trinajstić information content (AvgIpc) is 3.59. The van der Waals surface area contributed by atoms with Gasteiger partial charge < -0.3 is 9.32 Å². The van der Waals surface area contributed by atoms with E-state index in [1.165, 1.54) is 54.9 Å². The molecule has 1 aromatic heterocycles. The molecule has 0 fully saturated rings. The Hall–Kier alpha value is -6.90. The average molecular weight is 664 g/mol. The van der Waals surface area contributed by atoms with E-state index in [1.807, 2.05) is 12.1 Å². The second kappa shape index (κ2) is 12.5. The molecule has 0 radical (unpaired) electrons. The molecule has 0 saturated carbocycles. The molecule has 2 nitrogen and oxygen atoms in total. The number of anilines is 3. The van der Waals surface area contributed by atoms with Gasteiger partial charge in [-0.15, -0.1) is 0 Å². The largest absolute Gasteiger partial charge is 0.456 e. The molecular formula is C50H33NO. The van der Waals surface area contributed by atoms with Crippen LogP contribution in [0, 0.1) is 0 Å². The first-order valence-corrected chi connectivity index (χ1v) is 17.7. The van der Waals surface area contributed by atoms with E-state index < -0.39 is 0 Å². The lowest BCUT2D eigenvalue weighted by molar-refractivity contribution is 0.669. The Labute approximate surface area is 302 Å². The molecule has 9 aromatic carbocycles. The summed E-state index contributed by atoms with van der Waals surface area (Å²) >= 11 is 0. The van der Waals surface area contributed by atoms with Gasteiger partial charge in [0, 0.05) is 27.8 Å². The SMILES string of the molecule is c1ccc(-c2cccc(N(c3ccc4ccc(-c5ccc6ccc(-c7ccccc7)cc6c5)cc4c3)c3ccc4oc5ccccc5c4c3)c2)cc1. The van der Waals surface area contributed by atoms with Crippen molar-refractivity contribution in [2.75, 3.05) is 4.90 Å². The molecule has 0 aliphatic carbocycles. The van der Waals surface area contributed by atoms with Crippen molar-refractivity contribution in [1.29, 1.82) is 0 Å². The van der Waals surface area contributed by atoms with Gasteiger partial charge in [0.2, 0.25) is 0 Å². The Bertz CT molecular complexity index is 2910. The molecule has 0 unspecified atom stereocenters. The first-order chi connectivity index (χ1) is 25.7. The number of furan rings is 1. The van der Waals surface area contributed by atoms with E-state index in [2.05, 4.69) is 193 Å². The molecule has 0 bridgehead atoms. The molecule has 244 valence electrons. The van der Waals surface area contributed by atoms with Gasteiger partial charge in [-0.1, -0.05) is 133 Å². The topological polar surface area (TPSA) is 16.4 Å². The highest BCUT2D eigenvalue weighted by Gasteiger charge is 2.17. The molecule has 0 amide bonds. The monoisotopic (exact) mass is 663 g/mol. The molecule has 0 saturated heterocycles. The van der Waals surface area contributed by atoms with Gasteiger partial charge in [-0.2, -0.15) is 0 Å². The predicted octanol–water partition coefficient (Wildman–Crippen LogP) is 14.4. The van der Waals surface area contributed by atoms with Crippen LogP contribution < -0.4 is 4.90 Å². The van der Waals surface area contributed by atoms with E-state index in [0.29, 0.717) is 0 Å². The number of hydrogen-bond donors (Lipinski definition) is 0. The molecule has 52 heavy (non-hydrogen) atoms. The summed E-state index contributed by atoms with van der Waals surface area (Å²) in [6, 6.07) is 71.9. The van der Waals surface area contributed by atoms with Gasteiger partial charge in [0.05, 0.1) is 0 Å². The summed E-state index contributed by atoms with van der Waals surface area (Å²) in [5.41, 5.74) is 12.3. The quantitative estimate of drug-likeness (QED) is 0.176. The molecule has 2 heteroatoms. The van der Waals surface area contributed by atoms with Gasteiger partial charge in [-0.3, -0.25) is 0 Å². The third kappa shape index (κ3) is 5.39. The lowest BCUT2D eigenvalue weighted by Gasteiger charge is -2.26. The van der Waals surface area contributed by atoms with Gasteiger partial charge in [0.1, 0.15) is 11.2 Å². The van der Waals surface area contributed by atoms with Crippen molar-refractivity contribution in [3.05, 3.63) is 200 Å². The highest BCUT2D eigenvalue weighted by atomic mass is 16.3. The summed E-state index contributed by atoms with van der Waals surface area (Å²) < 4.78 is 6.23. The maximum atomic E-state index is 6.23. The number of rotatable bonds is 6. The third-order valence-electron chi connectivity index (χ3n) is 10.2. The van der Waals surface area contributed by atoms with Crippen LogP contribution in [0.4, 0.5) is 17.1 Å². The minimum absolute atomic E-state index is 0.886. The zero-order chi connectivity index (χ0) is 34.4. The van der Waals surface area contributed by atoms with E-state index in [-0.39, 0.29) is 0 Å². The lowest BCUT2D eigenvalue weighted by atomic mass is 9.96. The first-order valence-electron chi connectivity index (χ1n) is 17.7. The smallest absolute Gasteiger partial charge is 0.135 e. The summed E-state index contributed by atoms with van der Waals surface area (Å²) in [6.07, 6.45) is 0. The summed E-state index contributed by atoms with van der Waals surface area (Å²) in [5.74, 6) is 0. The maximum absolute atomic E-state index is 6.23. The summed E-state index contributed by atoms with van der Waals surface area (Å²) in [4.78, 5) is 2.36. The summed E-state index contributed by atoms with van der Waals surface area (Å²) in [6.45, 7) is 0. The van der Waals surface area contributed by atoms with Crippen molar-refractivity contribution >= 4 is 60.5 Å². The fourth-order valence-corrected chi connectivity index (χ4v) is 7.54. The summed E-state index contributed by atoms with van der Waals surface area (Å²) in [5, 5.41) is 7.08. The van der Waals surface area contributed by atoms with Gasteiger partial charge in [0.25, 0.3) is 0 Å². The number of para-hydroxylation sites is 1. The van der Waals surface area contributed by atoms with E-state index in [1.54, 1.807) is 0 Å². The zero-order valence-corrected chi connectivity index (χ0v) is 28.4. The van der Waals surface area contributed by atoms with Crippen LogP contribution >= 0.6 is 0 Å². The Kier molecular flexibility index (Phi) is 7.18. The number of fused-ring (bicyclic) bond motifs is 5. The van der Waals surface area contributed by atoms with Crippen molar-refractivity contribution in [1.82, 2.24) is 0 Å². The van der Waals surface area contributed by atoms with E-state index >= 15 is 0 Å². The Morgan fingerprint density at radius 3 is 1.44 bits per heavy atom. The highest BCUT2D eigenvalue weighted by molar-refractivity contribution is 6.07. The fraction of sp³-hybridized carbons (Fsp3) is 0. The van der Waals surface area contributed by atoms with Crippen molar-refractivity contribution in [2.45, 2.75) is 0 Å².